The molecule has 0 saturated heterocycles. The number of halogens is 4. The van der Waals surface area contributed by atoms with Crippen molar-refractivity contribution < 1.29 is 22.3 Å². The Balaban J connectivity index is 3.08. The molecule has 0 heterocycles. The molecular formula is C12H15F4NO. The van der Waals surface area contributed by atoms with Crippen LogP contribution in [-0.4, -0.2) is 12.9 Å². The Bertz CT molecular complexity index is 405. The van der Waals surface area contributed by atoms with Gasteiger partial charge in [-0.3, -0.25) is 0 Å². The molecule has 0 amide bonds. The lowest BCUT2D eigenvalue weighted by Gasteiger charge is -2.28. The number of rotatable bonds is 4. The third kappa shape index (κ3) is 3.35. The number of hydrogen-bond donors (Lipinski definition) is 1. The van der Waals surface area contributed by atoms with Gasteiger partial charge in [0, 0.05) is 6.54 Å². The fourth-order valence-corrected chi connectivity index (χ4v) is 1.64. The minimum Gasteiger partial charge on any atom is -0.406 e. The van der Waals surface area contributed by atoms with Gasteiger partial charge in [0.25, 0.3) is 0 Å². The van der Waals surface area contributed by atoms with Crippen molar-refractivity contribution in [2.75, 3.05) is 6.54 Å². The van der Waals surface area contributed by atoms with Crippen molar-refractivity contribution in [2.45, 2.75) is 25.9 Å². The van der Waals surface area contributed by atoms with E-state index in [4.69, 9.17) is 5.73 Å². The highest BCUT2D eigenvalue weighted by atomic mass is 19.4. The third-order valence-electron chi connectivity index (χ3n) is 2.76. The normalized spacial score (nSPS) is 15.6. The van der Waals surface area contributed by atoms with Crippen LogP contribution in [0.1, 0.15) is 19.4 Å². The van der Waals surface area contributed by atoms with Crippen LogP contribution in [0.3, 0.4) is 0 Å². The average molecular weight is 265 g/mol. The Morgan fingerprint density at radius 2 is 1.83 bits per heavy atom. The average Bonchev–Trinajstić information content (AvgIpc) is 2.25. The van der Waals surface area contributed by atoms with Crippen LogP contribution in [0, 0.1) is 5.92 Å². The largest absolute Gasteiger partial charge is 0.573 e. The van der Waals surface area contributed by atoms with Crippen molar-refractivity contribution >= 4 is 0 Å². The molecule has 0 saturated carbocycles. The van der Waals surface area contributed by atoms with Crippen molar-refractivity contribution in [3.8, 4) is 5.75 Å². The predicted molar refractivity (Wildman–Crippen MR) is 59.8 cm³/mol. The number of ether oxygens (including phenoxy) is 1. The molecule has 2 nitrogen and oxygen atoms in total. The van der Waals surface area contributed by atoms with E-state index < -0.39 is 23.7 Å². The fraction of sp³-hybridized carbons (Fsp3) is 0.500. The zero-order valence-electron chi connectivity index (χ0n) is 10.1. The minimum atomic E-state index is -4.79. The maximum absolute atomic E-state index is 14.5. The van der Waals surface area contributed by atoms with Crippen molar-refractivity contribution in [3.05, 3.63) is 29.8 Å². The quantitative estimate of drug-likeness (QED) is 0.847. The summed E-state index contributed by atoms with van der Waals surface area (Å²) in [6, 6.07) is 4.85. The first-order chi connectivity index (χ1) is 8.19. The molecule has 0 aromatic heterocycles. The summed E-state index contributed by atoms with van der Waals surface area (Å²) in [6.07, 6.45) is -4.79. The van der Waals surface area contributed by atoms with Crippen LogP contribution in [-0.2, 0) is 5.67 Å². The van der Waals surface area contributed by atoms with Gasteiger partial charge in [0.1, 0.15) is 5.75 Å². The molecule has 1 atom stereocenters. The minimum absolute atomic E-state index is 0.0850. The molecule has 1 rings (SSSR count). The van der Waals surface area contributed by atoms with Crippen molar-refractivity contribution in [2.24, 2.45) is 11.7 Å². The summed E-state index contributed by atoms with van der Waals surface area (Å²) in [5.74, 6) is -0.903. The van der Waals surface area contributed by atoms with E-state index in [9.17, 15) is 17.6 Å². The Morgan fingerprint density at radius 3 is 2.28 bits per heavy atom. The molecule has 0 aliphatic carbocycles. The molecule has 1 aromatic carbocycles. The van der Waals surface area contributed by atoms with Crippen LogP contribution in [0.2, 0.25) is 0 Å². The van der Waals surface area contributed by atoms with E-state index in [-0.39, 0.29) is 12.1 Å². The maximum atomic E-state index is 14.5. The third-order valence-corrected chi connectivity index (χ3v) is 2.76. The van der Waals surface area contributed by atoms with Gasteiger partial charge in [-0.05, 0) is 23.6 Å². The first-order valence-electron chi connectivity index (χ1n) is 5.44. The van der Waals surface area contributed by atoms with Gasteiger partial charge in [0.2, 0.25) is 0 Å². The first kappa shape index (κ1) is 14.8. The second kappa shape index (κ2) is 5.14. The molecule has 0 radical (unpaired) electrons. The van der Waals surface area contributed by atoms with Crippen LogP contribution in [0.25, 0.3) is 0 Å². The van der Waals surface area contributed by atoms with Crippen LogP contribution in [0.4, 0.5) is 17.6 Å². The van der Waals surface area contributed by atoms with Crippen molar-refractivity contribution in [3.63, 3.8) is 0 Å². The summed E-state index contributed by atoms with van der Waals surface area (Å²) in [7, 11) is 0. The van der Waals surface area contributed by atoms with Crippen molar-refractivity contribution in [1.29, 1.82) is 0 Å². The smallest absolute Gasteiger partial charge is 0.406 e. The Kier molecular flexibility index (Phi) is 4.21. The lowest BCUT2D eigenvalue weighted by Crippen LogP contribution is -2.35. The van der Waals surface area contributed by atoms with Gasteiger partial charge in [-0.15, -0.1) is 13.2 Å². The van der Waals surface area contributed by atoms with E-state index in [0.29, 0.717) is 0 Å². The molecule has 102 valence electrons. The van der Waals surface area contributed by atoms with Gasteiger partial charge in [0.15, 0.2) is 5.67 Å². The van der Waals surface area contributed by atoms with Gasteiger partial charge >= 0.3 is 6.36 Å². The number of benzene rings is 1. The molecular weight excluding hydrogens is 250 g/mol. The number of nitrogens with two attached hydrogens (primary N) is 1. The second-order valence-electron chi connectivity index (χ2n) is 4.30. The van der Waals surface area contributed by atoms with E-state index in [1.165, 1.54) is 12.1 Å². The molecule has 18 heavy (non-hydrogen) atoms. The zero-order valence-corrected chi connectivity index (χ0v) is 10.1. The van der Waals surface area contributed by atoms with E-state index in [0.717, 1.165) is 12.1 Å². The molecule has 0 spiro atoms. The molecule has 0 bridgehead atoms. The summed E-state index contributed by atoms with van der Waals surface area (Å²) < 4.78 is 54.5. The monoisotopic (exact) mass is 265 g/mol. The standard InChI is InChI=1S/C12H15F4NO/c1-8(2)11(13,7-17)9-4-3-5-10(6-9)18-12(14,15)16/h3-6,8H,7,17H2,1-2H3. The highest BCUT2D eigenvalue weighted by Gasteiger charge is 2.36. The molecule has 1 unspecified atom stereocenters. The Labute approximate surface area is 103 Å². The highest BCUT2D eigenvalue weighted by Crippen LogP contribution is 2.35. The first-order valence-corrected chi connectivity index (χ1v) is 5.44. The van der Waals surface area contributed by atoms with Gasteiger partial charge in [-0.25, -0.2) is 4.39 Å². The maximum Gasteiger partial charge on any atom is 0.573 e. The van der Waals surface area contributed by atoms with Gasteiger partial charge in [-0.2, -0.15) is 0 Å². The Morgan fingerprint density at radius 1 is 1.22 bits per heavy atom. The number of hydrogen-bond acceptors (Lipinski definition) is 2. The lowest BCUT2D eigenvalue weighted by atomic mass is 9.85. The molecule has 0 fully saturated rings. The lowest BCUT2D eigenvalue weighted by molar-refractivity contribution is -0.274. The van der Waals surface area contributed by atoms with E-state index in [2.05, 4.69) is 4.74 Å². The zero-order chi connectivity index (χ0) is 14.0. The van der Waals surface area contributed by atoms with Gasteiger partial charge in [-0.1, -0.05) is 26.0 Å². The topological polar surface area (TPSA) is 35.2 Å². The summed E-state index contributed by atoms with van der Waals surface area (Å²) in [5.41, 5.74) is 3.59. The summed E-state index contributed by atoms with van der Waals surface area (Å²) in [6.45, 7) is 2.93. The van der Waals surface area contributed by atoms with E-state index in [1.54, 1.807) is 13.8 Å². The molecule has 0 aliphatic rings. The predicted octanol–water partition coefficient (Wildman–Crippen LogP) is 3.36. The fourth-order valence-electron chi connectivity index (χ4n) is 1.64. The highest BCUT2D eigenvalue weighted by molar-refractivity contribution is 5.33. The number of alkyl halides is 4. The molecule has 1 aromatic rings. The van der Waals surface area contributed by atoms with Crippen LogP contribution in [0.15, 0.2) is 24.3 Å². The van der Waals surface area contributed by atoms with Crippen LogP contribution in [0.5, 0.6) is 5.75 Å². The Hall–Kier alpha value is -1.30. The van der Waals surface area contributed by atoms with E-state index in [1.807, 2.05) is 0 Å². The second-order valence-corrected chi connectivity index (χ2v) is 4.30. The summed E-state index contributed by atoms with van der Waals surface area (Å²) >= 11 is 0. The van der Waals surface area contributed by atoms with Crippen molar-refractivity contribution in [1.82, 2.24) is 0 Å². The molecule has 0 aliphatic heterocycles. The SMILES string of the molecule is CC(C)C(F)(CN)c1cccc(OC(F)(F)F)c1. The van der Waals surface area contributed by atoms with Crippen LogP contribution >= 0.6 is 0 Å². The summed E-state index contributed by atoms with van der Waals surface area (Å²) in [4.78, 5) is 0. The van der Waals surface area contributed by atoms with E-state index >= 15 is 0 Å². The van der Waals surface area contributed by atoms with Gasteiger partial charge < -0.3 is 10.5 Å². The van der Waals surface area contributed by atoms with Crippen LogP contribution < -0.4 is 10.5 Å². The molecule has 2 N–H and O–H groups in total. The summed E-state index contributed by atoms with van der Waals surface area (Å²) in [5, 5.41) is 0. The van der Waals surface area contributed by atoms with Gasteiger partial charge in [0.05, 0.1) is 0 Å². The molecule has 6 heteroatoms.